The van der Waals surface area contributed by atoms with Gasteiger partial charge in [0.25, 0.3) is 10.0 Å². The molecule has 0 fully saturated rings. The second-order valence-corrected chi connectivity index (χ2v) is 6.57. The molecule has 0 bridgehead atoms. The van der Waals surface area contributed by atoms with Crippen LogP contribution in [0, 0.1) is 13.8 Å². The third kappa shape index (κ3) is 3.28. The minimum atomic E-state index is -3.71. The van der Waals surface area contributed by atoms with E-state index in [2.05, 4.69) is 9.46 Å². The zero-order chi connectivity index (χ0) is 16.3. The van der Waals surface area contributed by atoms with Gasteiger partial charge in [0.15, 0.2) is 0 Å². The van der Waals surface area contributed by atoms with Crippen molar-refractivity contribution in [3.63, 3.8) is 0 Å². The molecule has 116 valence electrons. The Labute approximate surface area is 130 Å². The monoisotopic (exact) mass is 319 g/mol. The number of aryl methyl sites for hydroxylation is 2. The maximum absolute atomic E-state index is 12.4. The highest BCUT2D eigenvalue weighted by atomic mass is 32.2. The fraction of sp³-hybridized carbons (Fsp3) is 0.188. The third-order valence-corrected chi connectivity index (χ3v) is 4.67. The molecule has 0 aliphatic rings. The molecule has 0 aliphatic heterocycles. The molecule has 0 saturated carbocycles. The molecule has 6 heteroatoms. The number of carbonyl (C=O) groups excluding carboxylic acids is 1. The molecule has 0 aromatic heterocycles. The molecule has 22 heavy (non-hydrogen) atoms. The standard InChI is InChI=1S/C16H17NO4S/c1-11-5-4-6-12(2)15(11)17-22(19,20)14-9-7-13(8-10-14)16(18)21-3/h4-10,17H,1-3H3. The van der Waals surface area contributed by atoms with E-state index in [1.165, 1.54) is 31.4 Å². The van der Waals surface area contributed by atoms with Gasteiger partial charge in [0, 0.05) is 0 Å². The van der Waals surface area contributed by atoms with Crippen LogP contribution >= 0.6 is 0 Å². The molecule has 0 radical (unpaired) electrons. The maximum Gasteiger partial charge on any atom is 0.337 e. The van der Waals surface area contributed by atoms with Crippen LogP contribution in [0.2, 0.25) is 0 Å². The first-order valence-electron chi connectivity index (χ1n) is 6.62. The van der Waals surface area contributed by atoms with Gasteiger partial charge >= 0.3 is 5.97 Å². The number of ether oxygens (including phenoxy) is 1. The predicted octanol–water partition coefficient (Wildman–Crippen LogP) is 2.89. The molecule has 0 heterocycles. The number of hydrogen-bond acceptors (Lipinski definition) is 4. The number of benzene rings is 2. The van der Waals surface area contributed by atoms with Crippen LogP contribution in [-0.4, -0.2) is 21.5 Å². The van der Waals surface area contributed by atoms with Gasteiger partial charge in [-0.15, -0.1) is 0 Å². The summed E-state index contributed by atoms with van der Waals surface area (Å²) in [5.74, 6) is -0.508. The number of carbonyl (C=O) groups is 1. The normalized spacial score (nSPS) is 11.0. The Balaban J connectivity index is 2.33. The van der Waals surface area contributed by atoms with Gasteiger partial charge < -0.3 is 4.74 Å². The minimum Gasteiger partial charge on any atom is -0.465 e. The Kier molecular flexibility index (Phi) is 4.51. The van der Waals surface area contributed by atoms with Gasteiger partial charge in [0.2, 0.25) is 0 Å². The Morgan fingerprint density at radius 2 is 1.55 bits per heavy atom. The highest BCUT2D eigenvalue weighted by molar-refractivity contribution is 7.92. The lowest BCUT2D eigenvalue weighted by Crippen LogP contribution is -2.15. The van der Waals surface area contributed by atoms with E-state index >= 15 is 0 Å². The summed E-state index contributed by atoms with van der Waals surface area (Å²) >= 11 is 0. The zero-order valence-electron chi connectivity index (χ0n) is 12.6. The number of methoxy groups -OCH3 is 1. The topological polar surface area (TPSA) is 72.5 Å². The van der Waals surface area contributed by atoms with Crippen molar-refractivity contribution in [3.8, 4) is 0 Å². The van der Waals surface area contributed by atoms with Crippen molar-refractivity contribution in [1.29, 1.82) is 0 Å². The Morgan fingerprint density at radius 3 is 2.05 bits per heavy atom. The van der Waals surface area contributed by atoms with Crippen LogP contribution in [-0.2, 0) is 14.8 Å². The highest BCUT2D eigenvalue weighted by Gasteiger charge is 2.17. The molecular weight excluding hydrogens is 302 g/mol. The molecule has 2 aromatic carbocycles. The minimum absolute atomic E-state index is 0.0859. The second kappa shape index (κ2) is 6.19. The van der Waals surface area contributed by atoms with Crippen LogP contribution in [0.4, 0.5) is 5.69 Å². The number of esters is 1. The van der Waals surface area contributed by atoms with Crippen molar-refractivity contribution in [2.24, 2.45) is 0 Å². The number of anilines is 1. The summed E-state index contributed by atoms with van der Waals surface area (Å²) in [5.41, 5.74) is 2.55. The molecule has 2 rings (SSSR count). The van der Waals surface area contributed by atoms with E-state index in [4.69, 9.17) is 0 Å². The third-order valence-electron chi connectivity index (χ3n) is 3.30. The Morgan fingerprint density at radius 1 is 1.00 bits per heavy atom. The smallest absolute Gasteiger partial charge is 0.337 e. The lowest BCUT2D eigenvalue weighted by atomic mass is 10.1. The van der Waals surface area contributed by atoms with Gasteiger partial charge in [0.05, 0.1) is 23.3 Å². The SMILES string of the molecule is COC(=O)c1ccc(S(=O)(=O)Nc2c(C)cccc2C)cc1. The quantitative estimate of drug-likeness (QED) is 0.880. The predicted molar refractivity (Wildman–Crippen MR) is 84.5 cm³/mol. The van der Waals surface area contributed by atoms with Crippen LogP contribution in [0.15, 0.2) is 47.4 Å². The number of para-hydroxylation sites is 1. The molecule has 5 nitrogen and oxygen atoms in total. The summed E-state index contributed by atoms with van der Waals surface area (Å²) < 4.78 is 32.0. The van der Waals surface area contributed by atoms with Gasteiger partial charge in [-0.25, -0.2) is 13.2 Å². The summed E-state index contributed by atoms with van der Waals surface area (Å²) in [6, 6.07) is 11.1. The summed E-state index contributed by atoms with van der Waals surface area (Å²) in [7, 11) is -2.44. The van der Waals surface area contributed by atoms with Crippen molar-refractivity contribution in [2.75, 3.05) is 11.8 Å². The van der Waals surface area contributed by atoms with Crippen LogP contribution < -0.4 is 4.72 Å². The molecule has 0 aliphatic carbocycles. The van der Waals surface area contributed by atoms with E-state index in [1.807, 2.05) is 32.0 Å². The molecule has 1 N–H and O–H groups in total. The van der Waals surface area contributed by atoms with Gasteiger partial charge in [-0.3, -0.25) is 4.72 Å². The largest absolute Gasteiger partial charge is 0.465 e. The number of hydrogen-bond donors (Lipinski definition) is 1. The number of rotatable bonds is 4. The lowest BCUT2D eigenvalue weighted by molar-refractivity contribution is 0.0600. The van der Waals surface area contributed by atoms with Crippen molar-refractivity contribution in [3.05, 3.63) is 59.2 Å². The van der Waals surface area contributed by atoms with E-state index in [0.29, 0.717) is 11.3 Å². The Bertz CT molecular complexity index is 775. The van der Waals surface area contributed by atoms with E-state index in [9.17, 15) is 13.2 Å². The van der Waals surface area contributed by atoms with E-state index in [-0.39, 0.29) is 4.90 Å². The number of sulfonamides is 1. The molecule has 2 aromatic rings. The second-order valence-electron chi connectivity index (χ2n) is 4.89. The zero-order valence-corrected chi connectivity index (χ0v) is 13.4. The fourth-order valence-electron chi connectivity index (χ4n) is 2.06. The molecule has 0 atom stereocenters. The molecule has 0 saturated heterocycles. The average molecular weight is 319 g/mol. The summed E-state index contributed by atoms with van der Waals surface area (Å²) in [6.07, 6.45) is 0. The van der Waals surface area contributed by atoms with Crippen molar-refractivity contribution >= 4 is 21.7 Å². The number of nitrogens with one attached hydrogen (secondary N) is 1. The first-order chi connectivity index (χ1) is 10.3. The summed E-state index contributed by atoms with van der Waals surface area (Å²) in [6.45, 7) is 3.68. The van der Waals surface area contributed by atoms with Crippen molar-refractivity contribution in [1.82, 2.24) is 0 Å². The first kappa shape index (κ1) is 16.0. The van der Waals surface area contributed by atoms with Gasteiger partial charge in [-0.05, 0) is 49.2 Å². The molecule has 0 amide bonds. The van der Waals surface area contributed by atoms with Crippen molar-refractivity contribution < 1.29 is 17.9 Å². The van der Waals surface area contributed by atoms with E-state index in [1.54, 1.807) is 0 Å². The van der Waals surface area contributed by atoms with Gasteiger partial charge in [0.1, 0.15) is 0 Å². The van der Waals surface area contributed by atoms with Crippen LogP contribution in [0.3, 0.4) is 0 Å². The molecule has 0 spiro atoms. The molecule has 0 unspecified atom stereocenters. The Hall–Kier alpha value is -2.34. The van der Waals surface area contributed by atoms with E-state index < -0.39 is 16.0 Å². The lowest BCUT2D eigenvalue weighted by Gasteiger charge is -2.13. The van der Waals surface area contributed by atoms with Crippen LogP contribution in [0.5, 0.6) is 0 Å². The first-order valence-corrected chi connectivity index (χ1v) is 8.11. The summed E-state index contributed by atoms with van der Waals surface area (Å²) in [5, 5.41) is 0. The summed E-state index contributed by atoms with van der Waals surface area (Å²) in [4.78, 5) is 11.5. The van der Waals surface area contributed by atoms with E-state index in [0.717, 1.165) is 11.1 Å². The van der Waals surface area contributed by atoms with Crippen molar-refractivity contribution in [2.45, 2.75) is 18.7 Å². The van der Waals surface area contributed by atoms with Gasteiger partial charge in [-0.1, -0.05) is 18.2 Å². The van der Waals surface area contributed by atoms with Gasteiger partial charge in [-0.2, -0.15) is 0 Å². The highest BCUT2D eigenvalue weighted by Crippen LogP contribution is 2.23. The average Bonchev–Trinajstić information content (AvgIpc) is 2.50. The van der Waals surface area contributed by atoms with Crippen LogP contribution in [0.1, 0.15) is 21.5 Å². The molecular formula is C16H17NO4S. The van der Waals surface area contributed by atoms with Crippen LogP contribution in [0.25, 0.3) is 0 Å². The maximum atomic E-state index is 12.4. The fourth-order valence-corrected chi connectivity index (χ4v) is 3.26.